The van der Waals surface area contributed by atoms with Crippen LogP contribution in [0.2, 0.25) is 0 Å². The van der Waals surface area contributed by atoms with Crippen LogP contribution in [0.3, 0.4) is 0 Å². The highest BCUT2D eigenvalue weighted by molar-refractivity contribution is 7.89. The van der Waals surface area contributed by atoms with Crippen molar-refractivity contribution in [2.45, 2.75) is 74.9 Å². The molecule has 264 valence electrons. The Morgan fingerprint density at radius 3 is 2.34 bits per heavy atom. The van der Waals surface area contributed by atoms with Crippen LogP contribution in [0.1, 0.15) is 55.1 Å². The van der Waals surface area contributed by atoms with Crippen LogP contribution in [-0.2, 0) is 26.2 Å². The Balaban J connectivity index is 1.46. The molecular weight excluding hydrogens is 662 g/mol. The third-order valence-corrected chi connectivity index (χ3v) is 10.3. The number of benzene rings is 3. The number of aromatic nitrogens is 1. The van der Waals surface area contributed by atoms with Gasteiger partial charge in [0, 0.05) is 18.0 Å². The third kappa shape index (κ3) is 8.75. The molecule has 1 fully saturated rings. The van der Waals surface area contributed by atoms with Gasteiger partial charge in [0.2, 0.25) is 21.8 Å². The monoisotopic (exact) mass is 703 g/mol. The average Bonchev–Trinajstić information content (AvgIpc) is 3.62. The Morgan fingerprint density at radius 1 is 0.960 bits per heavy atom. The summed E-state index contributed by atoms with van der Waals surface area (Å²) in [6.07, 6.45) is -0.0507. The van der Waals surface area contributed by atoms with Gasteiger partial charge in [0.25, 0.3) is 5.91 Å². The number of ether oxygens (including phenoxy) is 2. The number of nitrogens with zero attached hydrogens (tertiary/aromatic N) is 2. The number of amides is 3. The van der Waals surface area contributed by atoms with Crippen molar-refractivity contribution < 1.29 is 37.4 Å². The van der Waals surface area contributed by atoms with Gasteiger partial charge in [-0.15, -0.1) is 0 Å². The second-order valence-corrected chi connectivity index (χ2v) is 14.0. The number of pyridine rings is 1. The number of carbonyl (C=O) groups excluding carboxylic acids is 3. The Bertz CT molecular complexity index is 1930. The molecule has 3 aromatic carbocycles. The molecule has 14 heteroatoms. The Labute approximate surface area is 290 Å². The molecule has 50 heavy (non-hydrogen) atoms. The third-order valence-electron chi connectivity index (χ3n) is 8.43. The zero-order chi connectivity index (χ0) is 35.8. The Morgan fingerprint density at radius 2 is 1.66 bits per heavy atom. The highest BCUT2D eigenvalue weighted by atomic mass is 32.2. The van der Waals surface area contributed by atoms with Gasteiger partial charge in [-0.05, 0) is 62.4 Å². The van der Waals surface area contributed by atoms with Crippen molar-refractivity contribution in [1.82, 2.24) is 19.9 Å². The molecule has 0 radical (unpaired) electrons. The summed E-state index contributed by atoms with van der Waals surface area (Å²) in [5.74, 6) is -1.99. The second kappa shape index (κ2) is 16.1. The molecule has 3 amide bonds. The predicted molar refractivity (Wildman–Crippen MR) is 185 cm³/mol. The van der Waals surface area contributed by atoms with Crippen molar-refractivity contribution in [3.8, 4) is 11.5 Å². The van der Waals surface area contributed by atoms with Crippen LogP contribution in [0.5, 0.6) is 11.5 Å². The number of aliphatic hydroxyl groups is 1. The van der Waals surface area contributed by atoms with Crippen molar-refractivity contribution in [3.63, 3.8) is 0 Å². The van der Waals surface area contributed by atoms with Crippen molar-refractivity contribution in [1.29, 1.82) is 0 Å². The molecular formula is C36H41N5O8S. The van der Waals surface area contributed by atoms with E-state index in [2.05, 4.69) is 15.6 Å². The predicted octanol–water partition coefficient (Wildman–Crippen LogP) is 3.25. The van der Waals surface area contributed by atoms with Gasteiger partial charge in [-0.2, -0.15) is 4.31 Å². The normalized spacial score (nSPS) is 15.3. The molecule has 1 saturated carbocycles. The smallest absolute Gasteiger partial charge is 0.270 e. The van der Waals surface area contributed by atoms with Gasteiger partial charge in [0.1, 0.15) is 17.9 Å². The number of fused-ring (bicyclic) bond motifs is 1. The Kier molecular flexibility index (Phi) is 11.7. The lowest BCUT2D eigenvalue weighted by Gasteiger charge is -2.34. The zero-order valence-corrected chi connectivity index (χ0v) is 28.6. The van der Waals surface area contributed by atoms with Crippen LogP contribution in [-0.4, -0.2) is 72.1 Å². The van der Waals surface area contributed by atoms with E-state index in [1.54, 1.807) is 48.5 Å². The minimum Gasteiger partial charge on any atom is -0.493 e. The van der Waals surface area contributed by atoms with Crippen LogP contribution in [0.4, 0.5) is 0 Å². The lowest BCUT2D eigenvalue weighted by Crippen LogP contribution is -2.59. The molecule has 1 heterocycles. The molecule has 13 nitrogen and oxygen atoms in total. The molecule has 0 aliphatic heterocycles. The fourth-order valence-corrected chi connectivity index (χ4v) is 7.46. The van der Waals surface area contributed by atoms with E-state index in [0.29, 0.717) is 16.8 Å². The maximum Gasteiger partial charge on any atom is 0.270 e. The maximum absolute atomic E-state index is 14.5. The van der Waals surface area contributed by atoms with Gasteiger partial charge in [-0.1, -0.05) is 54.6 Å². The molecule has 1 aliphatic carbocycles. The SMILES string of the molecule is COc1ccc(S(=O)(=O)N(Cc2ccccc2)[C@H](NC(=O)C(CC(N)=O)NC(=O)c2ccc3ccccc3n2)[C@@H](C)O)cc1OC1CCCC1. The molecule has 1 aliphatic rings. The lowest BCUT2D eigenvalue weighted by molar-refractivity contribution is -0.129. The van der Waals surface area contributed by atoms with E-state index < -0.39 is 52.5 Å². The number of para-hydroxylation sites is 1. The number of carbonyl (C=O) groups is 3. The first-order valence-corrected chi connectivity index (χ1v) is 17.7. The number of hydrogen-bond acceptors (Lipinski definition) is 9. The average molecular weight is 704 g/mol. The van der Waals surface area contributed by atoms with Crippen molar-refractivity contribution in [2.24, 2.45) is 5.73 Å². The number of nitrogens with two attached hydrogens (primary N) is 1. The number of hydrogen-bond donors (Lipinski definition) is 4. The molecule has 3 atom stereocenters. The van der Waals surface area contributed by atoms with Crippen molar-refractivity contribution >= 4 is 38.6 Å². The van der Waals surface area contributed by atoms with E-state index in [-0.39, 0.29) is 29.0 Å². The van der Waals surface area contributed by atoms with E-state index in [0.717, 1.165) is 35.4 Å². The summed E-state index contributed by atoms with van der Waals surface area (Å²) >= 11 is 0. The topological polar surface area (TPSA) is 190 Å². The first-order valence-electron chi connectivity index (χ1n) is 16.3. The van der Waals surface area contributed by atoms with E-state index in [4.69, 9.17) is 15.2 Å². The minimum atomic E-state index is -4.47. The zero-order valence-electron chi connectivity index (χ0n) is 27.8. The van der Waals surface area contributed by atoms with E-state index in [1.807, 2.05) is 12.1 Å². The second-order valence-electron chi connectivity index (χ2n) is 12.2. The number of sulfonamides is 1. The summed E-state index contributed by atoms with van der Waals surface area (Å²) in [6.45, 7) is 1.07. The molecule has 5 rings (SSSR count). The molecule has 1 aromatic heterocycles. The summed E-state index contributed by atoms with van der Waals surface area (Å²) in [4.78, 5) is 43.3. The van der Waals surface area contributed by atoms with Crippen molar-refractivity contribution in [3.05, 3.63) is 96.2 Å². The van der Waals surface area contributed by atoms with E-state index >= 15 is 0 Å². The number of rotatable bonds is 15. The van der Waals surface area contributed by atoms with Crippen LogP contribution in [0, 0.1) is 0 Å². The Hall–Kier alpha value is -5.05. The first kappa shape index (κ1) is 36.2. The minimum absolute atomic E-state index is 0.0125. The van der Waals surface area contributed by atoms with Crippen molar-refractivity contribution in [2.75, 3.05) is 7.11 Å². The number of primary amides is 1. The summed E-state index contributed by atoms with van der Waals surface area (Å²) in [6, 6.07) is 21.7. The van der Waals surface area contributed by atoms with Crippen LogP contribution >= 0.6 is 0 Å². The lowest BCUT2D eigenvalue weighted by atomic mass is 10.1. The quantitative estimate of drug-likeness (QED) is 0.135. The van der Waals surface area contributed by atoms with Gasteiger partial charge >= 0.3 is 0 Å². The highest BCUT2D eigenvalue weighted by Crippen LogP contribution is 2.35. The van der Waals surface area contributed by atoms with Gasteiger partial charge < -0.3 is 30.9 Å². The molecule has 1 unspecified atom stereocenters. The fourth-order valence-electron chi connectivity index (χ4n) is 5.84. The standard InChI is InChI=1S/C36H41N5O8S/c1-23(42)34(40-36(45)30(21-33(37)43)39-35(44)29-18-16-25-12-6-9-15-28(25)38-29)41(22-24-10-4-3-5-11-24)50(46,47)27-17-19-31(48-2)32(20-27)49-26-13-7-8-14-26/h3-6,9-12,15-20,23,26,30,34,42H,7-8,13-14,21-22H2,1-2H3,(H2,37,43)(H,39,44)(H,40,45)/t23-,30?,34+/m1/s1. The van der Waals surface area contributed by atoms with Gasteiger partial charge in [-0.25, -0.2) is 13.4 Å². The summed E-state index contributed by atoms with van der Waals surface area (Å²) < 4.78 is 41.5. The largest absolute Gasteiger partial charge is 0.493 e. The summed E-state index contributed by atoms with van der Waals surface area (Å²) in [5.41, 5.74) is 6.55. The summed E-state index contributed by atoms with van der Waals surface area (Å²) in [5, 5.41) is 16.9. The van der Waals surface area contributed by atoms with Crippen LogP contribution < -0.4 is 25.8 Å². The number of nitrogens with one attached hydrogen (secondary N) is 2. The molecule has 0 spiro atoms. The van der Waals surface area contributed by atoms with Crippen LogP contribution in [0.25, 0.3) is 10.9 Å². The molecule has 4 aromatic rings. The van der Waals surface area contributed by atoms with Gasteiger partial charge in [0.05, 0.1) is 36.2 Å². The first-order chi connectivity index (χ1) is 24.0. The summed E-state index contributed by atoms with van der Waals surface area (Å²) in [7, 11) is -3.01. The highest BCUT2D eigenvalue weighted by Gasteiger charge is 2.38. The molecule has 5 N–H and O–H groups in total. The fraction of sp³-hybridized carbons (Fsp3) is 0.333. The van der Waals surface area contributed by atoms with E-state index in [1.165, 1.54) is 38.3 Å². The number of aliphatic hydroxyl groups excluding tert-OH is 1. The molecule has 0 bridgehead atoms. The van der Waals surface area contributed by atoms with Crippen LogP contribution in [0.15, 0.2) is 89.8 Å². The van der Waals surface area contributed by atoms with Gasteiger partial charge in [-0.3, -0.25) is 14.4 Å². The number of methoxy groups -OCH3 is 1. The van der Waals surface area contributed by atoms with Gasteiger partial charge in [0.15, 0.2) is 11.5 Å². The maximum atomic E-state index is 14.5. The molecule has 0 saturated heterocycles. The van der Waals surface area contributed by atoms with E-state index in [9.17, 15) is 27.9 Å².